The molecule has 0 aromatic heterocycles. The van der Waals surface area contributed by atoms with Gasteiger partial charge < -0.3 is 19.5 Å². The van der Waals surface area contributed by atoms with Crippen LogP contribution in [0, 0.1) is 0 Å². The summed E-state index contributed by atoms with van der Waals surface area (Å²) in [5, 5.41) is 19.3. The van der Waals surface area contributed by atoms with Crippen LogP contribution in [0.3, 0.4) is 0 Å². The molecule has 1 aliphatic rings. The van der Waals surface area contributed by atoms with Gasteiger partial charge in [0.05, 0.1) is 11.5 Å². The van der Waals surface area contributed by atoms with Crippen molar-refractivity contribution < 1.29 is 14.8 Å². The molecule has 6 heteroatoms. The van der Waals surface area contributed by atoms with Crippen LogP contribution in [-0.2, 0) is 11.3 Å². The van der Waals surface area contributed by atoms with Crippen LogP contribution in [-0.4, -0.2) is 17.2 Å². The minimum atomic E-state index is -0.841. The van der Waals surface area contributed by atoms with E-state index in [9.17, 15) is 10.1 Å². The maximum atomic E-state index is 9.66. The van der Waals surface area contributed by atoms with Crippen molar-refractivity contribution in [3.63, 3.8) is 0 Å². The van der Waals surface area contributed by atoms with Gasteiger partial charge in [-0.2, -0.15) is 0 Å². The number of anilines is 1. The lowest BCUT2D eigenvalue weighted by Gasteiger charge is -2.08. The number of hydrogen-bond acceptors (Lipinski definition) is 5. The van der Waals surface area contributed by atoms with E-state index >= 15 is 0 Å². The Kier molecular flexibility index (Phi) is 3.37. The van der Waals surface area contributed by atoms with Crippen LogP contribution in [0.4, 0.5) is 5.69 Å². The maximum absolute atomic E-state index is 9.66. The molecule has 0 aliphatic carbocycles. The summed E-state index contributed by atoms with van der Waals surface area (Å²) >= 11 is 1.32. The van der Waals surface area contributed by atoms with Gasteiger partial charge in [0, 0.05) is 5.69 Å². The second-order valence-corrected chi connectivity index (χ2v) is 5.10. The number of rotatable bonds is 3. The van der Waals surface area contributed by atoms with Crippen LogP contribution in [0.5, 0.6) is 5.75 Å². The Morgan fingerprint density at radius 1 is 1.21 bits per heavy atom. The molecule has 19 heavy (non-hydrogen) atoms. The van der Waals surface area contributed by atoms with Crippen molar-refractivity contribution in [2.45, 2.75) is 11.5 Å². The fourth-order valence-electron chi connectivity index (χ4n) is 1.94. The van der Waals surface area contributed by atoms with Crippen LogP contribution in [0.1, 0.15) is 5.56 Å². The summed E-state index contributed by atoms with van der Waals surface area (Å²) in [7, 11) is -0.841. The van der Waals surface area contributed by atoms with Crippen LogP contribution >= 0.6 is 11.9 Å². The number of hydrogen-bond donors (Lipinski definition) is 3. The van der Waals surface area contributed by atoms with Gasteiger partial charge in [0.25, 0.3) is 0 Å². The van der Waals surface area contributed by atoms with Gasteiger partial charge in [0.1, 0.15) is 5.75 Å². The quantitative estimate of drug-likeness (QED) is 0.587. The molecule has 0 saturated heterocycles. The van der Waals surface area contributed by atoms with E-state index < -0.39 is 7.12 Å². The molecule has 0 bridgehead atoms. The highest BCUT2D eigenvalue weighted by Crippen LogP contribution is 2.28. The van der Waals surface area contributed by atoms with Crippen LogP contribution < -0.4 is 10.2 Å². The first-order valence-corrected chi connectivity index (χ1v) is 6.69. The average molecular weight is 273 g/mol. The van der Waals surface area contributed by atoms with Crippen LogP contribution in [0.2, 0.25) is 0 Å². The maximum Gasteiger partial charge on any atom is 0.491 e. The van der Waals surface area contributed by atoms with E-state index in [2.05, 4.69) is 4.72 Å². The van der Waals surface area contributed by atoms with Crippen molar-refractivity contribution in [3.05, 3.63) is 48.0 Å². The minimum Gasteiger partial charge on any atom is -0.507 e. The monoisotopic (exact) mass is 273 g/mol. The molecule has 2 aromatic carbocycles. The van der Waals surface area contributed by atoms with E-state index in [1.807, 2.05) is 30.3 Å². The Bertz CT molecular complexity index is 608. The topological polar surface area (TPSA) is 61.7 Å². The van der Waals surface area contributed by atoms with Gasteiger partial charge in [-0.05, 0) is 47.2 Å². The second kappa shape index (κ2) is 5.17. The highest BCUT2D eigenvalue weighted by atomic mass is 32.2. The van der Waals surface area contributed by atoms with Crippen molar-refractivity contribution in [1.82, 2.24) is 0 Å². The van der Waals surface area contributed by atoms with E-state index in [1.54, 1.807) is 12.1 Å². The zero-order valence-corrected chi connectivity index (χ0v) is 10.9. The number of phenols is 1. The zero-order valence-electron chi connectivity index (χ0n) is 10.0. The van der Waals surface area contributed by atoms with E-state index in [-0.39, 0.29) is 5.75 Å². The van der Waals surface area contributed by atoms with E-state index in [4.69, 9.17) is 4.65 Å². The van der Waals surface area contributed by atoms with Crippen LogP contribution in [0.15, 0.2) is 47.4 Å². The molecule has 0 atom stereocenters. The number of phenolic OH excluding ortho intramolecular Hbond substituents is 1. The summed E-state index contributed by atoms with van der Waals surface area (Å²) in [6.45, 7) is 0.448. The first-order valence-electron chi connectivity index (χ1n) is 5.87. The summed E-state index contributed by atoms with van der Waals surface area (Å²) < 4.78 is 8.28. The van der Waals surface area contributed by atoms with E-state index in [0.717, 1.165) is 21.6 Å². The first-order chi connectivity index (χ1) is 9.24. The fraction of sp³-hybridized carbons (Fsp3) is 0.0769. The lowest BCUT2D eigenvalue weighted by atomic mass is 9.79. The van der Waals surface area contributed by atoms with Crippen molar-refractivity contribution in [1.29, 1.82) is 0 Å². The summed E-state index contributed by atoms with van der Waals surface area (Å²) in [5.41, 5.74) is 2.66. The molecule has 4 nitrogen and oxygen atoms in total. The molecular formula is C13H12BNO3S. The van der Waals surface area contributed by atoms with Crippen LogP contribution in [0.25, 0.3) is 0 Å². The number of fused-ring (bicyclic) bond motifs is 1. The van der Waals surface area contributed by atoms with E-state index in [1.165, 1.54) is 11.9 Å². The molecule has 0 radical (unpaired) electrons. The average Bonchev–Trinajstić information content (AvgIpc) is 2.79. The lowest BCUT2D eigenvalue weighted by Crippen LogP contribution is -2.28. The largest absolute Gasteiger partial charge is 0.507 e. The zero-order chi connectivity index (χ0) is 13.2. The number of para-hydroxylation sites is 1. The first kappa shape index (κ1) is 12.4. The van der Waals surface area contributed by atoms with Gasteiger partial charge in [0.15, 0.2) is 0 Å². The fourth-order valence-corrected chi connectivity index (χ4v) is 2.61. The van der Waals surface area contributed by atoms with Gasteiger partial charge in [-0.15, -0.1) is 0 Å². The molecule has 96 valence electrons. The molecule has 2 aromatic rings. The number of aromatic hydroxyl groups is 1. The van der Waals surface area contributed by atoms with Gasteiger partial charge in [-0.3, -0.25) is 0 Å². The Labute approximate surface area is 115 Å². The molecule has 0 saturated carbocycles. The Morgan fingerprint density at radius 3 is 2.89 bits per heavy atom. The highest BCUT2D eigenvalue weighted by molar-refractivity contribution is 8.00. The standard InChI is InChI=1S/C13H12BNO3S/c16-12-3-1-2-4-13(12)19-15-10-6-5-9-8-18-14(17)11(9)7-10/h1-7,15-17H,8H2. The third-order valence-corrected chi connectivity index (χ3v) is 3.86. The Balaban J connectivity index is 1.75. The van der Waals surface area contributed by atoms with Crippen molar-refractivity contribution in [2.75, 3.05) is 4.72 Å². The number of nitrogens with one attached hydrogen (secondary N) is 1. The Hall–Kier alpha value is -1.63. The smallest absolute Gasteiger partial charge is 0.491 e. The Morgan fingerprint density at radius 2 is 2.05 bits per heavy atom. The predicted octanol–water partition coefficient (Wildman–Crippen LogP) is 1.73. The third-order valence-electron chi connectivity index (χ3n) is 2.95. The van der Waals surface area contributed by atoms with Gasteiger partial charge in [-0.25, -0.2) is 0 Å². The molecule has 1 aliphatic heterocycles. The lowest BCUT2D eigenvalue weighted by molar-refractivity contribution is 0.275. The molecule has 0 fully saturated rings. The minimum absolute atomic E-state index is 0.240. The van der Waals surface area contributed by atoms with Crippen molar-refractivity contribution >= 4 is 30.2 Å². The highest BCUT2D eigenvalue weighted by Gasteiger charge is 2.27. The molecule has 3 N–H and O–H groups in total. The summed E-state index contributed by atoms with van der Waals surface area (Å²) in [6, 6.07) is 12.8. The van der Waals surface area contributed by atoms with E-state index in [0.29, 0.717) is 6.61 Å². The molecule has 0 spiro atoms. The predicted molar refractivity (Wildman–Crippen MR) is 76.4 cm³/mol. The van der Waals surface area contributed by atoms with Gasteiger partial charge >= 0.3 is 7.12 Å². The normalized spacial score (nSPS) is 13.4. The summed E-state index contributed by atoms with van der Waals surface area (Å²) in [5.74, 6) is 0.240. The van der Waals surface area contributed by atoms with Crippen molar-refractivity contribution in [3.8, 4) is 5.75 Å². The van der Waals surface area contributed by atoms with Crippen molar-refractivity contribution in [2.24, 2.45) is 0 Å². The molecule has 0 unspecified atom stereocenters. The third kappa shape index (κ3) is 2.56. The number of benzene rings is 2. The molecule has 3 rings (SSSR count). The molecular weight excluding hydrogens is 261 g/mol. The summed E-state index contributed by atoms with van der Waals surface area (Å²) in [4.78, 5) is 0.750. The van der Waals surface area contributed by atoms with Gasteiger partial charge in [0.2, 0.25) is 0 Å². The molecule has 0 amide bonds. The molecule has 1 heterocycles. The second-order valence-electron chi connectivity index (χ2n) is 4.25. The SMILES string of the molecule is OB1OCc2ccc(NSc3ccccc3O)cc21. The summed E-state index contributed by atoms with van der Waals surface area (Å²) in [6.07, 6.45) is 0. The van der Waals surface area contributed by atoms with Gasteiger partial charge in [-0.1, -0.05) is 18.2 Å².